The lowest BCUT2D eigenvalue weighted by Crippen LogP contribution is -2.40. The monoisotopic (exact) mass is 122 g/mol. The van der Waals surface area contributed by atoms with Crippen molar-refractivity contribution in [3.63, 3.8) is 0 Å². The van der Waals surface area contributed by atoms with Gasteiger partial charge in [-0.2, -0.15) is 0 Å². The fourth-order valence-corrected chi connectivity index (χ4v) is 2.04. The first-order valence-corrected chi connectivity index (χ1v) is 3.30. The Labute approximate surface area is 55.4 Å². The first-order valence-electron chi connectivity index (χ1n) is 3.30. The predicted molar refractivity (Wildman–Crippen MR) is 34.9 cm³/mol. The van der Waals surface area contributed by atoms with Gasteiger partial charge in [-0.3, -0.25) is 0 Å². The predicted octanol–water partition coefficient (Wildman–Crippen LogP) is 1.19. The van der Waals surface area contributed by atoms with Crippen molar-refractivity contribution >= 4 is 0 Å². The molecule has 3 aliphatic rings. The third-order valence-corrected chi connectivity index (χ3v) is 2.43. The molecule has 0 aromatic carbocycles. The number of fused-ring (bicyclic) bond motifs is 1. The van der Waals surface area contributed by atoms with E-state index < -0.39 is 0 Å². The topological polar surface area (TPSA) is 9.23 Å². The molecule has 0 radical (unpaired) electrons. The lowest BCUT2D eigenvalue weighted by atomic mass is 9.64. The average molecular weight is 122 g/mol. The second kappa shape index (κ2) is 1.17. The maximum Gasteiger partial charge on any atom is 0.0686 e. The molecule has 3 rings (SSSR count). The van der Waals surface area contributed by atoms with Crippen molar-refractivity contribution in [3.8, 4) is 12.3 Å². The van der Waals surface area contributed by atoms with E-state index in [0.29, 0.717) is 0 Å². The average Bonchev–Trinajstić information content (AvgIpc) is 2.20. The summed E-state index contributed by atoms with van der Waals surface area (Å²) in [5.74, 6) is 2.81. The van der Waals surface area contributed by atoms with Gasteiger partial charge in [0.25, 0.3) is 0 Å². The lowest BCUT2D eigenvalue weighted by Gasteiger charge is -2.38. The molecular formula is C8H10O. The molecule has 1 saturated carbocycles. The van der Waals surface area contributed by atoms with Gasteiger partial charge >= 0.3 is 0 Å². The highest BCUT2D eigenvalue weighted by molar-refractivity contribution is 5.21. The van der Waals surface area contributed by atoms with Crippen molar-refractivity contribution in [1.29, 1.82) is 0 Å². The molecule has 0 unspecified atom stereocenters. The van der Waals surface area contributed by atoms with Crippen LogP contribution in [-0.4, -0.2) is 12.2 Å². The Morgan fingerprint density at radius 3 is 2.44 bits per heavy atom. The summed E-state index contributed by atoms with van der Waals surface area (Å²) in [5.41, 5.74) is 0.307. The number of hydrogen-bond acceptors (Lipinski definition) is 1. The van der Waals surface area contributed by atoms with Gasteiger partial charge in [0.15, 0.2) is 0 Å². The number of rotatable bonds is 0. The van der Waals surface area contributed by atoms with Gasteiger partial charge in [0.05, 0.1) is 17.6 Å². The molecule has 1 nitrogen and oxygen atoms in total. The molecule has 0 N–H and O–H groups in total. The fraction of sp³-hybridized carbons (Fsp3) is 0.750. The largest absolute Gasteiger partial charge is 0.374 e. The molecule has 48 valence electrons. The summed E-state index contributed by atoms with van der Waals surface area (Å²) < 4.78 is 5.47. The van der Waals surface area contributed by atoms with Crippen LogP contribution < -0.4 is 0 Å². The van der Waals surface area contributed by atoms with E-state index in [0.717, 1.165) is 19.4 Å². The molecule has 0 spiro atoms. The van der Waals surface area contributed by atoms with E-state index >= 15 is 0 Å². The fourth-order valence-electron chi connectivity index (χ4n) is 2.04. The third kappa shape index (κ3) is 0.495. The summed E-state index contributed by atoms with van der Waals surface area (Å²) in [6.07, 6.45) is 7.49. The standard InChI is InChI=1S/C8H10O/c1-3-8-4-7(2,5-8)9-6-8/h1H,4-6H2,2H3. The highest BCUT2D eigenvalue weighted by Gasteiger charge is 2.58. The Balaban J connectivity index is 2.24. The van der Waals surface area contributed by atoms with Crippen LogP contribution >= 0.6 is 0 Å². The van der Waals surface area contributed by atoms with Crippen molar-refractivity contribution in [2.24, 2.45) is 5.41 Å². The summed E-state index contributed by atoms with van der Waals surface area (Å²) >= 11 is 0. The molecule has 9 heavy (non-hydrogen) atoms. The van der Waals surface area contributed by atoms with Crippen LogP contribution in [0.4, 0.5) is 0 Å². The van der Waals surface area contributed by atoms with Crippen LogP contribution in [0.1, 0.15) is 19.8 Å². The number of hydrogen-bond donors (Lipinski definition) is 0. The van der Waals surface area contributed by atoms with Crippen molar-refractivity contribution in [2.45, 2.75) is 25.4 Å². The maximum atomic E-state index is 5.47. The number of terminal acetylenes is 1. The zero-order chi connectivity index (χ0) is 6.54. The van der Waals surface area contributed by atoms with Gasteiger partial charge in [-0.25, -0.2) is 0 Å². The molecule has 0 amide bonds. The summed E-state index contributed by atoms with van der Waals surface area (Å²) in [4.78, 5) is 0. The van der Waals surface area contributed by atoms with Crippen molar-refractivity contribution < 1.29 is 4.74 Å². The first kappa shape index (κ1) is 5.32. The Bertz CT molecular complexity index is 181. The van der Waals surface area contributed by atoms with E-state index in [1.54, 1.807) is 0 Å². The van der Waals surface area contributed by atoms with Crippen LogP contribution in [0.3, 0.4) is 0 Å². The Kier molecular flexibility index (Phi) is 0.692. The molecule has 0 aromatic rings. The van der Waals surface area contributed by atoms with Crippen LogP contribution in [0.15, 0.2) is 0 Å². The van der Waals surface area contributed by atoms with Crippen LogP contribution in [0.2, 0.25) is 0 Å². The van der Waals surface area contributed by atoms with Gasteiger partial charge in [-0.05, 0) is 19.8 Å². The van der Waals surface area contributed by atoms with Crippen LogP contribution in [0.5, 0.6) is 0 Å². The molecule has 3 fully saturated rings. The molecule has 1 heteroatoms. The van der Waals surface area contributed by atoms with Crippen LogP contribution in [0.25, 0.3) is 0 Å². The SMILES string of the molecule is C#CC12COC(C)(C1)C2. The zero-order valence-corrected chi connectivity index (χ0v) is 5.61. The van der Waals surface area contributed by atoms with Gasteiger partial charge < -0.3 is 4.74 Å². The van der Waals surface area contributed by atoms with Crippen molar-refractivity contribution in [1.82, 2.24) is 0 Å². The van der Waals surface area contributed by atoms with Crippen molar-refractivity contribution in [2.75, 3.05) is 6.61 Å². The van der Waals surface area contributed by atoms with Crippen LogP contribution in [0, 0.1) is 17.8 Å². The normalized spacial score (nSPS) is 54.2. The Morgan fingerprint density at radius 1 is 1.56 bits per heavy atom. The smallest absolute Gasteiger partial charge is 0.0686 e. The second-order valence-electron chi connectivity index (χ2n) is 3.52. The summed E-state index contributed by atoms with van der Waals surface area (Å²) in [5, 5.41) is 0. The van der Waals surface area contributed by atoms with E-state index in [4.69, 9.17) is 11.2 Å². The second-order valence-corrected chi connectivity index (χ2v) is 3.52. The highest BCUT2D eigenvalue weighted by Crippen LogP contribution is 2.56. The quantitative estimate of drug-likeness (QED) is 0.438. The molecule has 2 aliphatic heterocycles. The van der Waals surface area contributed by atoms with E-state index in [9.17, 15) is 0 Å². The van der Waals surface area contributed by atoms with E-state index in [2.05, 4.69) is 12.8 Å². The van der Waals surface area contributed by atoms with Gasteiger partial charge in [-0.1, -0.05) is 5.92 Å². The summed E-state index contributed by atoms with van der Waals surface area (Å²) in [6.45, 7) is 2.93. The van der Waals surface area contributed by atoms with E-state index in [-0.39, 0.29) is 11.0 Å². The molecule has 2 saturated heterocycles. The Morgan fingerprint density at radius 2 is 2.22 bits per heavy atom. The third-order valence-electron chi connectivity index (χ3n) is 2.43. The maximum absolute atomic E-state index is 5.47. The first-order chi connectivity index (χ1) is 4.18. The van der Waals surface area contributed by atoms with Gasteiger partial charge in [0, 0.05) is 0 Å². The van der Waals surface area contributed by atoms with E-state index in [1.807, 2.05) is 0 Å². The van der Waals surface area contributed by atoms with E-state index in [1.165, 1.54) is 0 Å². The van der Waals surface area contributed by atoms with Gasteiger partial charge in [-0.15, -0.1) is 6.42 Å². The lowest BCUT2D eigenvalue weighted by molar-refractivity contribution is 0.0131. The minimum absolute atomic E-state index is 0.148. The molecule has 0 aromatic heterocycles. The number of ether oxygens (including phenoxy) is 1. The van der Waals surface area contributed by atoms with Crippen molar-refractivity contribution in [3.05, 3.63) is 0 Å². The van der Waals surface area contributed by atoms with Gasteiger partial charge in [0.2, 0.25) is 0 Å². The molecule has 2 bridgehead atoms. The molecule has 2 heterocycles. The zero-order valence-electron chi connectivity index (χ0n) is 5.61. The van der Waals surface area contributed by atoms with Gasteiger partial charge in [0.1, 0.15) is 0 Å². The minimum Gasteiger partial charge on any atom is -0.374 e. The molecule has 1 aliphatic carbocycles. The molecular weight excluding hydrogens is 112 g/mol. The minimum atomic E-state index is 0.148. The summed E-state index contributed by atoms with van der Waals surface area (Å²) in [7, 11) is 0. The van der Waals surface area contributed by atoms with Crippen LogP contribution in [-0.2, 0) is 4.74 Å². The summed E-state index contributed by atoms with van der Waals surface area (Å²) in [6, 6.07) is 0. The highest BCUT2D eigenvalue weighted by atomic mass is 16.5. The molecule has 0 atom stereocenters. The Hall–Kier alpha value is -0.480.